The molecule has 2 heterocycles. The molecule has 0 aliphatic carbocycles. The highest BCUT2D eigenvalue weighted by Gasteiger charge is 2.53. The molecule has 1 aromatic carbocycles. The number of nitrogens with two attached hydrogens (primary N) is 1. The van der Waals surface area contributed by atoms with Gasteiger partial charge in [0.25, 0.3) is 0 Å². The lowest BCUT2D eigenvalue weighted by atomic mass is 9.75. The fraction of sp³-hybridized carbons (Fsp3) is 0.421. The second-order valence-electron chi connectivity index (χ2n) is 8.02. The van der Waals surface area contributed by atoms with E-state index in [0.29, 0.717) is 16.7 Å². The Morgan fingerprint density at radius 3 is 2.15 bits per heavy atom. The highest BCUT2D eigenvalue weighted by Crippen LogP contribution is 2.38. The van der Waals surface area contributed by atoms with Crippen molar-refractivity contribution < 1.29 is 17.7 Å². The van der Waals surface area contributed by atoms with Crippen molar-refractivity contribution in [2.24, 2.45) is 5.14 Å². The zero-order valence-electron chi connectivity index (χ0n) is 16.5. The molecule has 1 fully saturated rings. The van der Waals surface area contributed by atoms with Crippen LogP contribution in [0.15, 0.2) is 35.4 Å². The van der Waals surface area contributed by atoms with Gasteiger partial charge in [0.15, 0.2) is 0 Å². The van der Waals surface area contributed by atoms with Crippen LogP contribution < -0.4 is 10.6 Å². The van der Waals surface area contributed by atoms with Crippen molar-refractivity contribution in [3.63, 3.8) is 0 Å². The lowest BCUT2D eigenvalue weighted by molar-refractivity contribution is 0.00578. The van der Waals surface area contributed by atoms with Crippen LogP contribution in [0.5, 0.6) is 0 Å². The Morgan fingerprint density at radius 2 is 1.63 bits per heavy atom. The molecule has 8 heteroatoms. The highest BCUT2D eigenvalue weighted by atomic mass is 32.2. The molecule has 1 aliphatic rings. The predicted octanol–water partition coefficient (Wildman–Crippen LogP) is 2.31. The van der Waals surface area contributed by atoms with Crippen LogP contribution in [0.1, 0.15) is 38.8 Å². The molecular formula is C19H25BN2O4S. The van der Waals surface area contributed by atoms with Crippen LogP contribution in [0, 0.1) is 13.8 Å². The van der Waals surface area contributed by atoms with E-state index in [1.807, 2.05) is 59.7 Å². The average Bonchev–Trinajstić information content (AvgIpc) is 2.73. The second kappa shape index (κ2) is 6.41. The molecule has 0 radical (unpaired) electrons. The van der Waals surface area contributed by atoms with Gasteiger partial charge in [0, 0.05) is 17.2 Å². The summed E-state index contributed by atoms with van der Waals surface area (Å²) in [4.78, 5) is 4.34. The third-order valence-corrected chi connectivity index (χ3v) is 6.39. The third kappa shape index (κ3) is 3.54. The van der Waals surface area contributed by atoms with E-state index in [1.165, 1.54) is 0 Å². The van der Waals surface area contributed by atoms with Crippen molar-refractivity contribution >= 4 is 22.6 Å². The van der Waals surface area contributed by atoms with Crippen molar-refractivity contribution in [3.05, 3.63) is 41.6 Å². The largest absolute Gasteiger partial charge is 0.496 e. The molecule has 0 bridgehead atoms. The Balaban J connectivity index is 2.28. The number of aromatic nitrogens is 1. The van der Waals surface area contributed by atoms with Gasteiger partial charge in [0.2, 0.25) is 10.0 Å². The summed E-state index contributed by atoms with van der Waals surface area (Å²) in [5.41, 5.74) is 1.91. The number of rotatable bonds is 3. The van der Waals surface area contributed by atoms with E-state index in [2.05, 4.69) is 4.98 Å². The molecular weight excluding hydrogens is 363 g/mol. The van der Waals surface area contributed by atoms with Crippen LogP contribution in [-0.2, 0) is 19.3 Å². The third-order valence-electron chi connectivity index (χ3n) is 5.38. The standard InChI is InChI=1S/C19H25BN2O4S/c1-12-9-10-22-15(11-12)14-8-7-13(2)16(17(14)27(21,23)24)20-25-18(3,4)19(5,6)26-20/h7-11H,1-6H3,(H2,21,23,24). The van der Waals surface area contributed by atoms with Crippen molar-refractivity contribution in [1.82, 2.24) is 4.98 Å². The number of aryl methyl sites for hydroxylation is 2. The molecule has 2 aromatic rings. The number of hydrogen-bond acceptors (Lipinski definition) is 5. The van der Waals surface area contributed by atoms with Gasteiger partial charge in [-0.2, -0.15) is 0 Å². The summed E-state index contributed by atoms with van der Waals surface area (Å²) < 4.78 is 37.4. The molecule has 1 saturated heterocycles. The Kier molecular flexibility index (Phi) is 4.75. The lowest BCUT2D eigenvalue weighted by Gasteiger charge is -2.32. The number of hydrogen-bond donors (Lipinski definition) is 1. The fourth-order valence-corrected chi connectivity index (χ4v) is 4.19. The van der Waals surface area contributed by atoms with E-state index in [4.69, 9.17) is 14.4 Å². The maximum Gasteiger partial charge on any atom is 0.496 e. The fourth-order valence-electron chi connectivity index (χ4n) is 3.14. The van der Waals surface area contributed by atoms with Gasteiger partial charge in [-0.25, -0.2) is 13.6 Å². The summed E-state index contributed by atoms with van der Waals surface area (Å²) in [7, 11) is -4.90. The molecule has 1 aromatic heterocycles. The molecule has 0 atom stereocenters. The highest BCUT2D eigenvalue weighted by molar-refractivity contribution is 7.89. The van der Waals surface area contributed by atoms with Crippen LogP contribution >= 0.6 is 0 Å². The van der Waals surface area contributed by atoms with Gasteiger partial charge in [-0.15, -0.1) is 0 Å². The first kappa shape index (κ1) is 20.0. The number of nitrogens with zero attached hydrogens (tertiary/aromatic N) is 1. The minimum atomic E-state index is -4.06. The van der Waals surface area contributed by atoms with Crippen LogP contribution in [0.2, 0.25) is 0 Å². The number of sulfonamides is 1. The molecule has 0 amide bonds. The minimum absolute atomic E-state index is 0.000833. The summed E-state index contributed by atoms with van der Waals surface area (Å²) in [6.07, 6.45) is 1.64. The molecule has 0 saturated carbocycles. The van der Waals surface area contributed by atoms with Crippen molar-refractivity contribution in [1.29, 1.82) is 0 Å². The normalized spacial score (nSPS) is 18.7. The van der Waals surface area contributed by atoms with E-state index in [-0.39, 0.29) is 4.90 Å². The van der Waals surface area contributed by atoms with Crippen LogP contribution in [-0.4, -0.2) is 31.7 Å². The molecule has 1 aliphatic heterocycles. The van der Waals surface area contributed by atoms with Gasteiger partial charge in [0.1, 0.15) is 0 Å². The molecule has 2 N–H and O–H groups in total. The summed E-state index contributed by atoms with van der Waals surface area (Å²) in [6, 6.07) is 7.25. The molecule has 27 heavy (non-hydrogen) atoms. The van der Waals surface area contributed by atoms with E-state index in [1.54, 1.807) is 12.3 Å². The van der Waals surface area contributed by atoms with Gasteiger partial charge in [0.05, 0.1) is 21.8 Å². The smallest absolute Gasteiger partial charge is 0.399 e. The molecule has 0 spiro atoms. The van der Waals surface area contributed by atoms with E-state index in [0.717, 1.165) is 11.1 Å². The average molecular weight is 388 g/mol. The van der Waals surface area contributed by atoms with Crippen molar-refractivity contribution in [3.8, 4) is 11.3 Å². The second-order valence-corrected chi connectivity index (χ2v) is 9.52. The van der Waals surface area contributed by atoms with E-state index >= 15 is 0 Å². The zero-order valence-corrected chi connectivity index (χ0v) is 17.3. The Labute approximate surface area is 161 Å². The van der Waals surface area contributed by atoms with Crippen LogP contribution in [0.25, 0.3) is 11.3 Å². The van der Waals surface area contributed by atoms with Gasteiger partial charge in [-0.1, -0.05) is 12.1 Å². The minimum Gasteiger partial charge on any atom is -0.399 e. The molecule has 3 rings (SSSR count). The topological polar surface area (TPSA) is 91.5 Å². The van der Waals surface area contributed by atoms with Gasteiger partial charge in [-0.3, -0.25) is 4.98 Å². The quantitative estimate of drug-likeness (QED) is 0.815. The van der Waals surface area contributed by atoms with Crippen LogP contribution in [0.4, 0.5) is 0 Å². The Bertz CT molecular complexity index is 987. The number of primary sulfonamides is 1. The van der Waals surface area contributed by atoms with Gasteiger partial charge in [-0.05, 0) is 64.8 Å². The summed E-state index contributed by atoms with van der Waals surface area (Å²) in [6.45, 7) is 11.4. The Hall–Kier alpha value is -1.74. The molecule has 0 unspecified atom stereocenters. The first-order valence-corrected chi connectivity index (χ1v) is 10.3. The zero-order chi connectivity index (χ0) is 20.2. The van der Waals surface area contributed by atoms with Gasteiger partial charge >= 0.3 is 7.12 Å². The first-order chi connectivity index (χ1) is 12.3. The van der Waals surface area contributed by atoms with E-state index < -0.39 is 28.3 Å². The summed E-state index contributed by atoms with van der Waals surface area (Å²) in [5.74, 6) is 0. The SMILES string of the molecule is Cc1ccnc(-c2ccc(C)c(B3OC(C)(C)C(C)(C)O3)c2S(N)(=O)=O)c1. The number of pyridine rings is 1. The van der Waals surface area contributed by atoms with E-state index in [9.17, 15) is 8.42 Å². The summed E-state index contributed by atoms with van der Waals surface area (Å²) >= 11 is 0. The van der Waals surface area contributed by atoms with Crippen LogP contribution in [0.3, 0.4) is 0 Å². The van der Waals surface area contributed by atoms with Crippen molar-refractivity contribution in [2.45, 2.75) is 57.6 Å². The maximum atomic E-state index is 12.6. The summed E-state index contributed by atoms with van der Waals surface area (Å²) in [5, 5.41) is 5.64. The number of benzene rings is 1. The lowest BCUT2D eigenvalue weighted by Crippen LogP contribution is -2.41. The van der Waals surface area contributed by atoms with Crippen molar-refractivity contribution in [2.75, 3.05) is 0 Å². The monoisotopic (exact) mass is 388 g/mol. The molecule has 144 valence electrons. The maximum absolute atomic E-state index is 12.6. The molecule has 6 nitrogen and oxygen atoms in total. The first-order valence-electron chi connectivity index (χ1n) is 8.78. The Morgan fingerprint density at radius 1 is 1.04 bits per heavy atom. The predicted molar refractivity (Wildman–Crippen MR) is 106 cm³/mol. The van der Waals surface area contributed by atoms with Gasteiger partial charge < -0.3 is 9.31 Å².